The van der Waals surface area contributed by atoms with E-state index in [4.69, 9.17) is 0 Å². The zero-order valence-electron chi connectivity index (χ0n) is 12.2. The third kappa shape index (κ3) is 3.81. The van der Waals surface area contributed by atoms with Gasteiger partial charge in [-0.2, -0.15) is 0 Å². The number of likely N-dealkylation sites (N-methyl/N-ethyl adjacent to an activating group) is 1. The van der Waals surface area contributed by atoms with E-state index in [1.54, 1.807) is 7.05 Å². The van der Waals surface area contributed by atoms with Gasteiger partial charge in [0.2, 0.25) is 0 Å². The average Bonchev–Trinajstić information content (AvgIpc) is 2.39. The van der Waals surface area contributed by atoms with E-state index in [1.807, 2.05) is 0 Å². The lowest BCUT2D eigenvalue weighted by atomic mass is 9.99. The van der Waals surface area contributed by atoms with Gasteiger partial charge in [0.05, 0.1) is 7.11 Å². The summed E-state index contributed by atoms with van der Waals surface area (Å²) in [5, 5.41) is 0. The molecule has 0 bridgehead atoms. The molecule has 1 aromatic rings. The molecule has 0 saturated carbocycles. The first-order valence-electron chi connectivity index (χ1n) is 6.27. The second-order valence-corrected chi connectivity index (χ2v) is 4.83. The van der Waals surface area contributed by atoms with Gasteiger partial charge in [0.1, 0.15) is 0 Å². The molecule has 1 rings (SSSR count). The number of rotatable bonds is 3. The fourth-order valence-corrected chi connectivity index (χ4v) is 1.92. The predicted molar refractivity (Wildman–Crippen MR) is 74.0 cm³/mol. The Morgan fingerprint density at radius 1 is 1.11 bits per heavy atom. The van der Waals surface area contributed by atoms with Crippen LogP contribution in [0.1, 0.15) is 22.3 Å². The molecule has 4 nitrogen and oxygen atoms in total. The van der Waals surface area contributed by atoms with Crippen molar-refractivity contribution in [2.45, 2.75) is 27.2 Å². The van der Waals surface area contributed by atoms with Gasteiger partial charge in [0, 0.05) is 13.6 Å². The summed E-state index contributed by atoms with van der Waals surface area (Å²) in [6.07, 6.45) is 0.728. The van der Waals surface area contributed by atoms with Crippen molar-refractivity contribution in [2.24, 2.45) is 0 Å². The second-order valence-electron chi connectivity index (χ2n) is 4.83. The van der Waals surface area contributed by atoms with Crippen molar-refractivity contribution < 1.29 is 14.3 Å². The molecule has 0 radical (unpaired) electrons. The molecule has 0 aliphatic carbocycles. The highest BCUT2D eigenvalue weighted by atomic mass is 16.5. The Hall–Kier alpha value is -1.84. The first-order valence-corrected chi connectivity index (χ1v) is 6.27. The molecular formula is C15H21NO3. The van der Waals surface area contributed by atoms with Crippen LogP contribution in [0.15, 0.2) is 12.1 Å². The van der Waals surface area contributed by atoms with E-state index in [2.05, 4.69) is 37.6 Å². The maximum Gasteiger partial charge on any atom is 0.396 e. The molecule has 0 heterocycles. The summed E-state index contributed by atoms with van der Waals surface area (Å²) in [5.41, 5.74) is 4.91. The standard InChI is InChI=1S/C15H21NO3/c1-10-8-12(3)13(9-11(10)2)6-7-16(4)14(17)15(18)19-5/h8-9H,6-7H2,1-5H3. The maximum absolute atomic E-state index is 11.6. The summed E-state index contributed by atoms with van der Waals surface area (Å²) in [7, 11) is 2.82. The Balaban J connectivity index is 2.70. The molecule has 0 fully saturated rings. The van der Waals surface area contributed by atoms with Crippen LogP contribution in [-0.2, 0) is 20.7 Å². The summed E-state index contributed by atoms with van der Waals surface area (Å²) in [6.45, 7) is 6.71. The molecule has 1 aromatic carbocycles. The van der Waals surface area contributed by atoms with Crippen molar-refractivity contribution in [3.8, 4) is 0 Å². The zero-order valence-corrected chi connectivity index (χ0v) is 12.2. The SMILES string of the molecule is COC(=O)C(=O)N(C)CCc1cc(C)c(C)cc1C. The van der Waals surface area contributed by atoms with Gasteiger partial charge in [0.15, 0.2) is 0 Å². The lowest BCUT2D eigenvalue weighted by molar-refractivity contribution is -0.157. The van der Waals surface area contributed by atoms with Gasteiger partial charge >= 0.3 is 11.9 Å². The van der Waals surface area contributed by atoms with E-state index < -0.39 is 11.9 Å². The van der Waals surface area contributed by atoms with Gasteiger partial charge in [-0.1, -0.05) is 12.1 Å². The van der Waals surface area contributed by atoms with E-state index in [1.165, 1.54) is 34.3 Å². The number of esters is 1. The lowest BCUT2D eigenvalue weighted by Crippen LogP contribution is -2.35. The summed E-state index contributed by atoms with van der Waals surface area (Å²) in [6, 6.07) is 4.29. The molecule has 0 unspecified atom stereocenters. The van der Waals surface area contributed by atoms with Gasteiger partial charge in [-0.15, -0.1) is 0 Å². The van der Waals surface area contributed by atoms with Crippen molar-refractivity contribution in [1.82, 2.24) is 4.90 Å². The van der Waals surface area contributed by atoms with Gasteiger partial charge in [-0.3, -0.25) is 4.79 Å². The van der Waals surface area contributed by atoms with E-state index in [0.717, 1.165) is 6.42 Å². The number of hydrogen-bond acceptors (Lipinski definition) is 3. The summed E-state index contributed by atoms with van der Waals surface area (Å²) in [5.74, 6) is -1.43. The first kappa shape index (κ1) is 15.2. The van der Waals surface area contributed by atoms with E-state index >= 15 is 0 Å². The largest absolute Gasteiger partial charge is 0.462 e. The molecule has 0 aromatic heterocycles. The van der Waals surface area contributed by atoms with Crippen LogP contribution >= 0.6 is 0 Å². The number of methoxy groups -OCH3 is 1. The maximum atomic E-state index is 11.6. The molecule has 19 heavy (non-hydrogen) atoms. The minimum atomic E-state index is -0.820. The lowest BCUT2D eigenvalue weighted by Gasteiger charge is -2.17. The highest BCUT2D eigenvalue weighted by Gasteiger charge is 2.18. The van der Waals surface area contributed by atoms with E-state index in [0.29, 0.717) is 6.54 Å². The third-order valence-electron chi connectivity index (χ3n) is 3.38. The van der Waals surface area contributed by atoms with E-state index in [-0.39, 0.29) is 0 Å². The van der Waals surface area contributed by atoms with Gasteiger partial charge in [-0.25, -0.2) is 4.79 Å². The van der Waals surface area contributed by atoms with Crippen LogP contribution in [-0.4, -0.2) is 37.5 Å². The van der Waals surface area contributed by atoms with Gasteiger partial charge in [-0.05, 0) is 49.4 Å². The first-order chi connectivity index (χ1) is 8.86. The molecule has 0 aliphatic rings. The number of carbonyl (C=O) groups is 2. The van der Waals surface area contributed by atoms with Crippen LogP contribution < -0.4 is 0 Å². The number of hydrogen-bond donors (Lipinski definition) is 0. The Morgan fingerprint density at radius 2 is 1.68 bits per heavy atom. The zero-order chi connectivity index (χ0) is 14.6. The molecule has 104 valence electrons. The third-order valence-corrected chi connectivity index (χ3v) is 3.38. The van der Waals surface area contributed by atoms with Gasteiger partial charge < -0.3 is 9.64 Å². The van der Waals surface area contributed by atoms with Crippen LogP contribution in [0.5, 0.6) is 0 Å². The van der Waals surface area contributed by atoms with Crippen LogP contribution in [0.2, 0.25) is 0 Å². The van der Waals surface area contributed by atoms with Crippen LogP contribution in [0.25, 0.3) is 0 Å². The van der Waals surface area contributed by atoms with Crippen LogP contribution in [0, 0.1) is 20.8 Å². The number of aryl methyl sites for hydroxylation is 3. The fourth-order valence-electron chi connectivity index (χ4n) is 1.92. The van der Waals surface area contributed by atoms with Crippen molar-refractivity contribution in [3.05, 3.63) is 34.4 Å². The fraction of sp³-hybridized carbons (Fsp3) is 0.467. The van der Waals surface area contributed by atoms with Crippen LogP contribution in [0.4, 0.5) is 0 Å². The van der Waals surface area contributed by atoms with Crippen LogP contribution in [0.3, 0.4) is 0 Å². The molecule has 0 atom stereocenters. The topological polar surface area (TPSA) is 46.6 Å². The number of amides is 1. The van der Waals surface area contributed by atoms with Crippen molar-refractivity contribution in [2.75, 3.05) is 20.7 Å². The highest BCUT2D eigenvalue weighted by Crippen LogP contribution is 2.16. The highest BCUT2D eigenvalue weighted by molar-refractivity contribution is 6.32. The quantitative estimate of drug-likeness (QED) is 0.617. The summed E-state index contributed by atoms with van der Waals surface area (Å²) in [4.78, 5) is 24.1. The molecule has 0 N–H and O–H groups in total. The number of benzene rings is 1. The second kappa shape index (κ2) is 6.36. The Morgan fingerprint density at radius 3 is 2.26 bits per heavy atom. The molecule has 0 aliphatic heterocycles. The Kier molecular flexibility index (Phi) is 5.10. The predicted octanol–water partition coefficient (Wildman–Crippen LogP) is 1.79. The molecule has 0 spiro atoms. The normalized spacial score (nSPS) is 10.2. The molecule has 4 heteroatoms. The van der Waals surface area contributed by atoms with Crippen molar-refractivity contribution >= 4 is 11.9 Å². The Bertz CT molecular complexity index is 494. The smallest absolute Gasteiger partial charge is 0.396 e. The summed E-state index contributed by atoms with van der Waals surface area (Å²) >= 11 is 0. The Labute approximate surface area is 114 Å². The minimum Gasteiger partial charge on any atom is -0.462 e. The number of ether oxygens (including phenoxy) is 1. The van der Waals surface area contributed by atoms with Gasteiger partial charge in [0.25, 0.3) is 0 Å². The summed E-state index contributed by atoms with van der Waals surface area (Å²) < 4.78 is 4.41. The van der Waals surface area contributed by atoms with Crippen molar-refractivity contribution in [1.29, 1.82) is 0 Å². The molecule has 1 amide bonds. The molecular weight excluding hydrogens is 242 g/mol. The monoisotopic (exact) mass is 263 g/mol. The average molecular weight is 263 g/mol. The number of carbonyl (C=O) groups excluding carboxylic acids is 2. The minimum absolute atomic E-state index is 0.497. The van der Waals surface area contributed by atoms with Crippen molar-refractivity contribution in [3.63, 3.8) is 0 Å². The molecule has 0 saturated heterocycles. The van der Waals surface area contributed by atoms with E-state index in [9.17, 15) is 9.59 Å². The number of nitrogens with zero attached hydrogens (tertiary/aromatic N) is 1.